The molecular weight excluding hydrogens is 258 g/mol. The van der Waals surface area contributed by atoms with E-state index >= 15 is 0 Å². The van der Waals surface area contributed by atoms with Gasteiger partial charge in [-0.3, -0.25) is 0 Å². The van der Waals surface area contributed by atoms with Crippen LogP contribution in [0.2, 0.25) is 0 Å². The summed E-state index contributed by atoms with van der Waals surface area (Å²) in [6, 6.07) is 0. The Morgan fingerprint density at radius 1 is 1.19 bits per heavy atom. The fourth-order valence-electron chi connectivity index (χ4n) is 6.69. The molecule has 1 aromatic heterocycles. The summed E-state index contributed by atoms with van der Waals surface area (Å²) in [5, 5.41) is 3.40. The van der Waals surface area contributed by atoms with Crippen molar-refractivity contribution in [1.29, 1.82) is 0 Å². The van der Waals surface area contributed by atoms with E-state index in [1.807, 2.05) is 0 Å². The van der Waals surface area contributed by atoms with Gasteiger partial charge in [-0.25, -0.2) is 4.98 Å². The second-order valence-electron chi connectivity index (χ2n) is 8.95. The average molecular weight is 287 g/mol. The van der Waals surface area contributed by atoms with E-state index in [2.05, 4.69) is 37.3 Å². The van der Waals surface area contributed by atoms with Crippen LogP contribution in [0.25, 0.3) is 0 Å². The van der Waals surface area contributed by atoms with Gasteiger partial charge in [-0.1, -0.05) is 20.8 Å². The molecule has 21 heavy (non-hydrogen) atoms. The van der Waals surface area contributed by atoms with Crippen LogP contribution in [0.3, 0.4) is 0 Å². The Labute approximate surface area is 128 Å². The topological polar surface area (TPSA) is 40.7 Å². The Morgan fingerprint density at radius 2 is 1.90 bits per heavy atom. The fourth-order valence-corrected chi connectivity index (χ4v) is 6.69. The van der Waals surface area contributed by atoms with Crippen LogP contribution in [0.4, 0.5) is 0 Å². The lowest BCUT2D eigenvalue weighted by Gasteiger charge is -2.64. The first kappa shape index (κ1) is 13.8. The molecule has 0 saturated heterocycles. The summed E-state index contributed by atoms with van der Waals surface area (Å²) < 4.78 is 0. The first-order valence-corrected chi connectivity index (χ1v) is 8.69. The highest BCUT2D eigenvalue weighted by Gasteiger charge is 2.61. The first-order valence-electron chi connectivity index (χ1n) is 8.69. The van der Waals surface area contributed by atoms with Crippen LogP contribution >= 0.6 is 0 Å². The number of hydrogen-bond donors (Lipinski definition) is 2. The van der Waals surface area contributed by atoms with Gasteiger partial charge in [0.1, 0.15) is 5.82 Å². The summed E-state index contributed by atoms with van der Waals surface area (Å²) >= 11 is 0. The minimum Gasteiger partial charge on any atom is -0.344 e. The third kappa shape index (κ3) is 2.16. The highest BCUT2D eigenvalue weighted by atomic mass is 15.0. The number of aromatic amines is 1. The van der Waals surface area contributed by atoms with Gasteiger partial charge in [0.15, 0.2) is 0 Å². The summed E-state index contributed by atoms with van der Waals surface area (Å²) in [6.45, 7) is 9.15. The number of nitrogens with zero attached hydrogens (tertiary/aromatic N) is 1. The van der Waals surface area contributed by atoms with E-state index in [0.717, 1.165) is 19.0 Å². The monoisotopic (exact) mass is 287 g/mol. The highest BCUT2D eigenvalue weighted by molar-refractivity contribution is 5.23. The maximum Gasteiger partial charge on any atom is 0.112 e. The number of aromatic nitrogens is 2. The Morgan fingerprint density at radius 3 is 2.52 bits per heavy atom. The molecule has 0 aromatic carbocycles. The molecule has 0 radical (unpaired) electrons. The van der Waals surface area contributed by atoms with E-state index < -0.39 is 0 Å². The van der Waals surface area contributed by atoms with Crippen LogP contribution in [0.15, 0.2) is 6.20 Å². The smallest absolute Gasteiger partial charge is 0.112 e. The van der Waals surface area contributed by atoms with Crippen molar-refractivity contribution in [2.75, 3.05) is 6.54 Å². The van der Waals surface area contributed by atoms with Crippen molar-refractivity contribution in [2.45, 2.75) is 71.3 Å². The number of rotatable bonds is 4. The van der Waals surface area contributed by atoms with Gasteiger partial charge in [-0.05, 0) is 61.8 Å². The number of nitrogens with one attached hydrogen (secondary N) is 2. The van der Waals surface area contributed by atoms with Gasteiger partial charge in [0.05, 0.1) is 0 Å². The summed E-state index contributed by atoms with van der Waals surface area (Å²) in [6.07, 6.45) is 10.5. The van der Waals surface area contributed by atoms with Gasteiger partial charge in [-0.15, -0.1) is 0 Å². The van der Waals surface area contributed by atoms with E-state index in [0.29, 0.717) is 16.2 Å². The molecule has 4 bridgehead atoms. The second kappa shape index (κ2) is 4.34. The summed E-state index contributed by atoms with van der Waals surface area (Å²) in [5.41, 5.74) is 2.71. The van der Waals surface area contributed by atoms with Crippen molar-refractivity contribution >= 4 is 0 Å². The Bertz CT molecular complexity index is 528. The van der Waals surface area contributed by atoms with Crippen LogP contribution in [0.1, 0.15) is 70.8 Å². The zero-order valence-electron chi connectivity index (χ0n) is 13.8. The zero-order chi connectivity index (χ0) is 14.7. The normalized spacial score (nSPS) is 44.4. The van der Waals surface area contributed by atoms with Crippen molar-refractivity contribution in [3.05, 3.63) is 17.7 Å². The minimum atomic E-state index is 0.341. The predicted molar refractivity (Wildman–Crippen MR) is 85.1 cm³/mol. The Balaban J connectivity index is 1.66. The fraction of sp³-hybridized carbons (Fsp3) is 0.833. The lowest BCUT2D eigenvalue weighted by molar-refractivity contribution is -0.112. The third-order valence-electron chi connectivity index (χ3n) is 6.32. The molecule has 4 fully saturated rings. The average Bonchev–Trinajstić information content (AvgIpc) is 2.81. The van der Waals surface area contributed by atoms with Gasteiger partial charge < -0.3 is 10.3 Å². The molecule has 3 nitrogen and oxygen atoms in total. The molecule has 116 valence electrons. The lowest BCUT2D eigenvalue weighted by atomic mass is 9.40. The molecule has 4 saturated carbocycles. The Kier molecular flexibility index (Phi) is 2.86. The summed E-state index contributed by atoms with van der Waals surface area (Å²) in [5.74, 6) is 2.22. The number of H-pyrrole nitrogens is 1. The van der Waals surface area contributed by atoms with E-state index in [-0.39, 0.29) is 0 Å². The predicted octanol–water partition coefficient (Wildman–Crippen LogP) is 3.77. The standard InChI is InChI=1S/C18H29N3/c1-4-19-8-14-9-20-15(21-14)18-7-13-5-16(2,11-18)10-17(3,6-13)12-18/h9,13,19H,4-8,10-12H2,1-3H3,(H,20,21). The number of imidazole rings is 1. The molecule has 3 heteroatoms. The van der Waals surface area contributed by atoms with Crippen molar-refractivity contribution in [1.82, 2.24) is 15.3 Å². The van der Waals surface area contributed by atoms with E-state index in [4.69, 9.17) is 4.98 Å². The minimum absolute atomic E-state index is 0.341. The van der Waals surface area contributed by atoms with Crippen LogP contribution in [0, 0.1) is 16.7 Å². The largest absolute Gasteiger partial charge is 0.344 e. The molecule has 2 unspecified atom stereocenters. The van der Waals surface area contributed by atoms with Crippen molar-refractivity contribution in [3.8, 4) is 0 Å². The van der Waals surface area contributed by atoms with Crippen molar-refractivity contribution < 1.29 is 0 Å². The molecular formula is C18H29N3. The summed E-state index contributed by atoms with van der Waals surface area (Å²) in [4.78, 5) is 8.49. The van der Waals surface area contributed by atoms with Crippen LogP contribution in [0.5, 0.6) is 0 Å². The molecule has 0 amide bonds. The molecule has 4 aliphatic carbocycles. The van der Waals surface area contributed by atoms with Gasteiger partial charge >= 0.3 is 0 Å². The number of hydrogen-bond acceptors (Lipinski definition) is 2. The van der Waals surface area contributed by atoms with Crippen LogP contribution in [-0.4, -0.2) is 16.5 Å². The molecule has 1 heterocycles. The quantitative estimate of drug-likeness (QED) is 0.885. The maximum absolute atomic E-state index is 4.83. The van der Waals surface area contributed by atoms with Gasteiger partial charge in [-0.2, -0.15) is 0 Å². The molecule has 1 aromatic rings. The van der Waals surface area contributed by atoms with E-state index in [1.54, 1.807) is 0 Å². The van der Waals surface area contributed by atoms with Crippen LogP contribution in [-0.2, 0) is 12.0 Å². The van der Waals surface area contributed by atoms with Crippen molar-refractivity contribution in [3.63, 3.8) is 0 Å². The summed E-state index contributed by atoms with van der Waals surface area (Å²) in [7, 11) is 0. The SMILES string of the molecule is CCNCc1cnc(C23CC4CC(C)(CC(C)(C4)C2)C3)[nH]1. The molecule has 5 rings (SSSR count). The van der Waals surface area contributed by atoms with E-state index in [1.165, 1.54) is 50.0 Å². The molecule has 0 aliphatic heterocycles. The second-order valence-corrected chi connectivity index (χ2v) is 8.95. The van der Waals surface area contributed by atoms with Gasteiger partial charge in [0.2, 0.25) is 0 Å². The first-order chi connectivity index (χ1) is 9.94. The maximum atomic E-state index is 4.83. The van der Waals surface area contributed by atoms with Gasteiger partial charge in [0.25, 0.3) is 0 Å². The molecule has 2 N–H and O–H groups in total. The van der Waals surface area contributed by atoms with Crippen LogP contribution < -0.4 is 5.32 Å². The molecule has 4 aliphatic rings. The third-order valence-corrected chi connectivity index (χ3v) is 6.32. The highest BCUT2D eigenvalue weighted by Crippen LogP contribution is 2.69. The molecule has 0 spiro atoms. The van der Waals surface area contributed by atoms with E-state index in [9.17, 15) is 0 Å². The lowest BCUT2D eigenvalue weighted by Crippen LogP contribution is -2.57. The van der Waals surface area contributed by atoms with Gasteiger partial charge in [0, 0.05) is 23.9 Å². The van der Waals surface area contributed by atoms with Crippen molar-refractivity contribution in [2.24, 2.45) is 16.7 Å². The Hall–Kier alpha value is -0.830. The zero-order valence-corrected chi connectivity index (χ0v) is 13.8. The molecule has 2 atom stereocenters.